The third kappa shape index (κ3) is 3.62. The Bertz CT molecular complexity index is 727. The molecule has 0 saturated heterocycles. The first-order chi connectivity index (χ1) is 11.2. The van der Waals surface area contributed by atoms with Crippen LogP contribution in [-0.2, 0) is 6.42 Å². The maximum atomic E-state index is 6.29. The molecule has 2 aromatic carbocycles. The van der Waals surface area contributed by atoms with E-state index in [1.807, 2.05) is 36.4 Å². The number of ether oxygens (including phenoxy) is 1. The van der Waals surface area contributed by atoms with Crippen molar-refractivity contribution in [1.29, 1.82) is 0 Å². The third-order valence-corrected chi connectivity index (χ3v) is 4.44. The summed E-state index contributed by atoms with van der Waals surface area (Å²) in [6, 6.07) is 16.2. The fraction of sp³-hybridized carbons (Fsp3) is 0.263. The number of hydrogen-bond acceptors (Lipinski definition) is 3. The van der Waals surface area contributed by atoms with Gasteiger partial charge in [0.15, 0.2) is 0 Å². The van der Waals surface area contributed by atoms with Crippen molar-refractivity contribution in [2.24, 2.45) is 0 Å². The van der Waals surface area contributed by atoms with E-state index in [9.17, 15) is 0 Å². The van der Waals surface area contributed by atoms with E-state index in [4.69, 9.17) is 16.3 Å². The van der Waals surface area contributed by atoms with Crippen LogP contribution in [0.4, 0.5) is 5.69 Å². The van der Waals surface area contributed by atoms with Crippen LogP contribution in [0, 0.1) is 0 Å². The Morgan fingerprint density at radius 3 is 2.74 bits per heavy atom. The van der Waals surface area contributed by atoms with E-state index in [1.54, 1.807) is 7.11 Å². The number of halogens is 1. The molecule has 1 heterocycles. The molecule has 0 fully saturated rings. The van der Waals surface area contributed by atoms with Gasteiger partial charge >= 0.3 is 0 Å². The SMILES string of the molecule is COc1cccc(CCC2=C(C)CN(c3ccccc3Cl)N2)c1. The number of nitrogens with one attached hydrogen (secondary N) is 1. The molecule has 2 aromatic rings. The second-order valence-corrected chi connectivity index (χ2v) is 6.17. The Morgan fingerprint density at radius 1 is 1.13 bits per heavy atom. The zero-order valence-electron chi connectivity index (χ0n) is 13.5. The van der Waals surface area contributed by atoms with Crippen molar-refractivity contribution in [2.45, 2.75) is 19.8 Å². The van der Waals surface area contributed by atoms with Crippen LogP contribution in [0.2, 0.25) is 5.02 Å². The largest absolute Gasteiger partial charge is 0.497 e. The maximum Gasteiger partial charge on any atom is 0.119 e. The fourth-order valence-corrected chi connectivity index (χ4v) is 3.05. The Labute approximate surface area is 142 Å². The van der Waals surface area contributed by atoms with Crippen LogP contribution in [0.15, 0.2) is 59.8 Å². The van der Waals surface area contributed by atoms with Gasteiger partial charge in [-0.15, -0.1) is 0 Å². The van der Waals surface area contributed by atoms with Gasteiger partial charge < -0.3 is 10.2 Å². The molecule has 0 bridgehead atoms. The second-order valence-electron chi connectivity index (χ2n) is 5.76. The molecule has 0 aliphatic carbocycles. The van der Waals surface area contributed by atoms with E-state index in [0.717, 1.165) is 35.8 Å². The third-order valence-electron chi connectivity index (χ3n) is 4.12. The first-order valence-corrected chi connectivity index (χ1v) is 8.15. The van der Waals surface area contributed by atoms with Crippen molar-refractivity contribution >= 4 is 17.3 Å². The summed E-state index contributed by atoms with van der Waals surface area (Å²) in [7, 11) is 1.70. The van der Waals surface area contributed by atoms with Crippen molar-refractivity contribution in [3.05, 3.63) is 70.4 Å². The lowest BCUT2D eigenvalue weighted by Gasteiger charge is -2.21. The van der Waals surface area contributed by atoms with E-state index in [1.165, 1.54) is 16.8 Å². The molecule has 3 nitrogen and oxygen atoms in total. The summed E-state index contributed by atoms with van der Waals surface area (Å²) in [5.41, 5.74) is 8.42. The molecule has 0 amide bonds. The van der Waals surface area contributed by atoms with E-state index >= 15 is 0 Å². The zero-order chi connectivity index (χ0) is 16.2. The standard InChI is InChI=1S/C19H21ClN2O/c1-14-13-22(19-9-4-3-8-17(19)20)21-18(14)11-10-15-6-5-7-16(12-15)23-2/h3-9,12,21H,10-11,13H2,1-2H3. The lowest BCUT2D eigenvalue weighted by atomic mass is 10.1. The highest BCUT2D eigenvalue weighted by molar-refractivity contribution is 6.33. The van der Waals surface area contributed by atoms with Gasteiger partial charge in [-0.2, -0.15) is 0 Å². The van der Waals surface area contributed by atoms with Gasteiger partial charge in [-0.1, -0.05) is 35.9 Å². The highest BCUT2D eigenvalue weighted by Crippen LogP contribution is 2.29. The van der Waals surface area contributed by atoms with Gasteiger partial charge in [0, 0.05) is 5.70 Å². The molecule has 3 rings (SSSR count). The van der Waals surface area contributed by atoms with Crippen molar-refractivity contribution in [1.82, 2.24) is 5.43 Å². The predicted octanol–water partition coefficient (Wildman–Crippen LogP) is 4.58. The zero-order valence-corrected chi connectivity index (χ0v) is 14.2. The number of rotatable bonds is 5. The lowest BCUT2D eigenvalue weighted by molar-refractivity contribution is 0.414. The van der Waals surface area contributed by atoms with E-state index < -0.39 is 0 Å². The highest BCUT2D eigenvalue weighted by Gasteiger charge is 2.20. The van der Waals surface area contributed by atoms with Gasteiger partial charge in [0.2, 0.25) is 0 Å². The molecule has 0 unspecified atom stereocenters. The van der Waals surface area contributed by atoms with E-state index in [2.05, 4.69) is 29.5 Å². The van der Waals surface area contributed by atoms with Crippen LogP contribution in [0.25, 0.3) is 0 Å². The van der Waals surface area contributed by atoms with Gasteiger partial charge in [-0.25, -0.2) is 0 Å². The number of benzene rings is 2. The van der Waals surface area contributed by atoms with Crippen LogP contribution in [0.3, 0.4) is 0 Å². The van der Waals surface area contributed by atoms with Gasteiger partial charge in [0.25, 0.3) is 0 Å². The molecule has 1 aliphatic heterocycles. The first-order valence-electron chi connectivity index (χ1n) is 7.77. The van der Waals surface area contributed by atoms with Gasteiger partial charge in [-0.05, 0) is 55.2 Å². The van der Waals surface area contributed by atoms with Crippen LogP contribution >= 0.6 is 11.6 Å². The number of methoxy groups -OCH3 is 1. The number of aryl methyl sites for hydroxylation is 1. The summed E-state index contributed by atoms with van der Waals surface area (Å²) in [4.78, 5) is 0. The number of hydrogen-bond donors (Lipinski definition) is 1. The Hall–Kier alpha value is -2.13. The maximum absolute atomic E-state index is 6.29. The van der Waals surface area contributed by atoms with Gasteiger partial charge in [0.05, 0.1) is 24.4 Å². The summed E-state index contributed by atoms with van der Waals surface area (Å²) in [5.74, 6) is 0.908. The smallest absolute Gasteiger partial charge is 0.119 e. The number of hydrazine groups is 1. The van der Waals surface area contributed by atoms with Gasteiger partial charge in [-0.3, -0.25) is 5.01 Å². The fourth-order valence-electron chi connectivity index (χ4n) is 2.81. The average molecular weight is 329 g/mol. The molecule has 4 heteroatoms. The minimum Gasteiger partial charge on any atom is -0.497 e. The van der Waals surface area contributed by atoms with Crippen LogP contribution < -0.4 is 15.2 Å². The number of nitrogens with zero attached hydrogens (tertiary/aromatic N) is 1. The van der Waals surface area contributed by atoms with Crippen molar-refractivity contribution in [3.63, 3.8) is 0 Å². The lowest BCUT2D eigenvalue weighted by Crippen LogP contribution is -2.32. The molecular formula is C19H21ClN2O. The van der Waals surface area contributed by atoms with Crippen molar-refractivity contribution in [3.8, 4) is 5.75 Å². The molecule has 0 spiro atoms. The average Bonchev–Trinajstić information content (AvgIpc) is 2.94. The van der Waals surface area contributed by atoms with Crippen molar-refractivity contribution < 1.29 is 4.74 Å². The minimum absolute atomic E-state index is 0.766. The molecule has 0 radical (unpaired) electrons. The molecule has 0 aromatic heterocycles. The van der Waals surface area contributed by atoms with Crippen LogP contribution in [-0.4, -0.2) is 13.7 Å². The number of anilines is 1. The summed E-state index contributed by atoms with van der Waals surface area (Å²) in [6.07, 6.45) is 1.95. The van der Waals surface area contributed by atoms with Crippen molar-refractivity contribution in [2.75, 3.05) is 18.7 Å². The molecule has 120 valence electrons. The van der Waals surface area contributed by atoms with Crippen LogP contribution in [0.5, 0.6) is 5.75 Å². The summed E-state index contributed by atoms with van der Waals surface area (Å²) in [5, 5.41) is 2.88. The van der Waals surface area contributed by atoms with E-state index in [0.29, 0.717) is 0 Å². The Balaban J connectivity index is 1.65. The van der Waals surface area contributed by atoms with Gasteiger partial charge in [0.1, 0.15) is 5.75 Å². The number of para-hydroxylation sites is 1. The Kier molecular flexibility index (Phi) is 4.77. The number of allylic oxidation sites excluding steroid dienone is 1. The summed E-state index contributed by atoms with van der Waals surface area (Å²) >= 11 is 6.29. The highest BCUT2D eigenvalue weighted by atomic mass is 35.5. The molecule has 1 aliphatic rings. The second kappa shape index (κ2) is 6.97. The topological polar surface area (TPSA) is 24.5 Å². The summed E-state index contributed by atoms with van der Waals surface area (Å²) < 4.78 is 5.29. The predicted molar refractivity (Wildman–Crippen MR) is 95.9 cm³/mol. The first kappa shape index (κ1) is 15.8. The molecule has 0 atom stereocenters. The molecular weight excluding hydrogens is 308 g/mol. The molecule has 0 saturated carbocycles. The molecule has 23 heavy (non-hydrogen) atoms. The van der Waals surface area contributed by atoms with E-state index in [-0.39, 0.29) is 0 Å². The minimum atomic E-state index is 0.766. The van der Waals surface area contributed by atoms with Crippen LogP contribution in [0.1, 0.15) is 18.9 Å². The molecule has 1 N–H and O–H groups in total. The Morgan fingerprint density at radius 2 is 1.96 bits per heavy atom. The quantitative estimate of drug-likeness (QED) is 0.869. The summed E-state index contributed by atoms with van der Waals surface area (Å²) in [6.45, 7) is 3.03. The monoisotopic (exact) mass is 328 g/mol. The normalized spacial score (nSPS) is 14.1.